The zero-order valence-electron chi connectivity index (χ0n) is 10.0. The molecule has 0 amide bonds. The number of pyridine rings is 1. The summed E-state index contributed by atoms with van der Waals surface area (Å²) >= 11 is 0. The van der Waals surface area contributed by atoms with Crippen molar-refractivity contribution < 1.29 is 0 Å². The molecular formula is C13H21N3. The van der Waals surface area contributed by atoms with Crippen molar-refractivity contribution in [3.05, 3.63) is 18.5 Å². The van der Waals surface area contributed by atoms with Gasteiger partial charge in [-0.1, -0.05) is 19.8 Å². The van der Waals surface area contributed by atoms with Gasteiger partial charge in [0.2, 0.25) is 0 Å². The third kappa shape index (κ3) is 2.46. The van der Waals surface area contributed by atoms with Crippen LogP contribution in [0.5, 0.6) is 0 Å². The lowest BCUT2D eigenvalue weighted by Crippen LogP contribution is -2.34. The van der Waals surface area contributed by atoms with Gasteiger partial charge in [-0.3, -0.25) is 4.98 Å². The maximum absolute atomic E-state index is 5.80. The number of nitrogens with two attached hydrogens (primary N) is 1. The Bertz CT molecular complexity index is 338. The molecule has 0 radical (unpaired) electrons. The highest BCUT2D eigenvalue weighted by Gasteiger charge is 2.19. The second-order valence-electron chi connectivity index (χ2n) is 4.58. The fourth-order valence-corrected chi connectivity index (χ4v) is 2.54. The summed E-state index contributed by atoms with van der Waals surface area (Å²) in [5.41, 5.74) is 7.75. The summed E-state index contributed by atoms with van der Waals surface area (Å²) in [7, 11) is 0. The van der Waals surface area contributed by atoms with E-state index >= 15 is 0 Å². The summed E-state index contributed by atoms with van der Waals surface area (Å²) in [5.74, 6) is 0. The molecule has 1 aromatic rings. The lowest BCUT2D eigenvalue weighted by molar-refractivity contribution is 0.556. The van der Waals surface area contributed by atoms with Gasteiger partial charge in [-0.25, -0.2) is 0 Å². The molecule has 0 spiro atoms. The molecule has 0 aliphatic carbocycles. The van der Waals surface area contributed by atoms with Gasteiger partial charge in [-0.05, 0) is 25.3 Å². The molecule has 1 unspecified atom stereocenters. The summed E-state index contributed by atoms with van der Waals surface area (Å²) < 4.78 is 0. The minimum absolute atomic E-state index is 0.658. The molecule has 0 saturated carbocycles. The molecule has 0 aromatic carbocycles. The molecule has 0 bridgehead atoms. The second kappa shape index (κ2) is 5.19. The highest BCUT2D eigenvalue weighted by atomic mass is 15.2. The smallest absolute Gasteiger partial charge is 0.0575 e. The van der Waals surface area contributed by atoms with Crippen LogP contribution in [0.15, 0.2) is 18.5 Å². The van der Waals surface area contributed by atoms with E-state index < -0.39 is 0 Å². The van der Waals surface area contributed by atoms with Crippen LogP contribution in [0.4, 0.5) is 11.4 Å². The second-order valence-corrected chi connectivity index (χ2v) is 4.58. The third-order valence-electron chi connectivity index (χ3n) is 3.42. The molecule has 16 heavy (non-hydrogen) atoms. The summed E-state index contributed by atoms with van der Waals surface area (Å²) in [6, 6.07) is 2.70. The first-order chi connectivity index (χ1) is 7.81. The number of nitrogens with zero attached hydrogens (tertiary/aromatic N) is 2. The Kier molecular flexibility index (Phi) is 3.65. The van der Waals surface area contributed by atoms with E-state index in [1.54, 1.807) is 6.20 Å². The van der Waals surface area contributed by atoms with Gasteiger partial charge in [0.05, 0.1) is 17.6 Å². The number of hydrogen-bond acceptors (Lipinski definition) is 3. The lowest BCUT2D eigenvalue weighted by Gasteiger charge is -2.31. The first-order valence-corrected chi connectivity index (χ1v) is 6.28. The summed E-state index contributed by atoms with van der Waals surface area (Å²) in [6.45, 7) is 3.41. The van der Waals surface area contributed by atoms with Gasteiger partial charge >= 0.3 is 0 Å². The van der Waals surface area contributed by atoms with Crippen molar-refractivity contribution in [1.82, 2.24) is 4.98 Å². The summed E-state index contributed by atoms with van der Waals surface area (Å²) in [5, 5.41) is 0. The molecule has 3 heteroatoms. The maximum Gasteiger partial charge on any atom is 0.0575 e. The fourth-order valence-electron chi connectivity index (χ4n) is 2.54. The molecule has 1 atom stereocenters. The molecule has 1 saturated heterocycles. The molecule has 1 aromatic heterocycles. The first-order valence-electron chi connectivity index (χ1n) is 6.28. The van der Waals surface area contributed by atoms with E-state index in [0.29, 0.717) is 6.04 Å². The third-order valence-corrected chi connectivity index (χ3v) is 3.42. The Morgan fingerprint density at radius 1 is 1.38 bits per heavy atom. The van der Waals surface area contributed by atoms with Crippen molar-refractivity contribution in [1.29, 1.82) is 0 Å². The van der Waals surface area contributed by atoms with Crippen LogP contribution in [0.2, 0.25) is 0 Å². The Morgan fingerprint density at radius 3 is 3.00 bits per heavy atom. The highest BCUT2D eigenvalue weighted by Crippen LogP contribution is 2.26. The summed E-state index contributed by atoms with van der Waals surface area (Å²) in [6.07, 6.45) is 10.1. The van der Waals surface area contributed by atoms with E-state index in [2.05, 4.69) is 16.8 Å². The minimum Gasteiger partial charge on any atom is -0.397 e. The number of anilines is 2. The van der Waals surface area contributed by atoms with Crippen LogP contribution in [0.3, 0.4) is 0 Å². The molecular weight excluding hydrogens is 198 g/mol. The standard InChI is InChI=1S/C13H21N3/c1-2-12-6-4-3-5-7-16(12)13-8-11(14)9-15-10-13/h8-10,12H,2-7,14H2,1H3. The molecule has 88 valence electrons. The van der Waals surface area contributed by atoms with E-state index in [9.17, 15) is 0 Å². The number of aromatic nitrogens is 1. The zero-order valence-corrected chi connectivity index (χ0v) is 10.0. The van der Waals surface area contributed by atoms with Crippen molar-refractivity contribution in [3.8, 4) is 0 Å². The lowest BCUT2D eigenvalue weighted by atomic mass is 10.1. The average molecular weight is 219 g/mol. The van der Waals surface area contributed by atoms with Crippen LogP contribution in [0.1, 0.15) is 39.0 Å². The largest absolute Gasteiger partial charge is 0.397 e. The topological polar surface area (TPSA) is 42.2 Å². The van der Waals surface area contributed by atoms with E-state index in [4.69, 9.17) is 5.73 Å². The van der Waals surface area contributed by atoms with Crippen molar-refractivity contribution in [2.45, 2.75) is 45.1 Å². The van der Waals surface area contributed by atoms with Crippen molar-refractivity contribution in [2.75, 3.05) is 17.2 Å². The number of hydrogen-bond donors (Lipinski definition) is 1. The van der Waals surface area contributed by atoms with Gasteiger partial charge in [0.1, 0.15) is 0 Å². The molecule has 3 nitrogen and oxygen atoms in total. The monoisotopic (exact) mass is 219 g/mol. The van der Waals surface area contributed by atoms with Gasteiger partial charge in [0.15, 0.2) is 0 Å². The highest BCUT2D eigenvalue weighted by molar-refractivity contribution is 5.54. The molecule has 2 heterocycles. The van der Waals surface area contributed by atoms with Crippen molar-refractivity contribution in [2.24, 2.45) is 0 Å². The van der Waals surface area contributed by atoms with Crippen LogP contribution >= 0.6 is 0 Å². The van der Waals surface area contributed by atoms with Gasteiger partial charge in [0, 0.05) is 18.8 Å². The Hall–Kier alpha value is -1.25. The SMILES string of the molecule is CCC1CCCCCN1c1cncc(N)c1. The van der Waals surface area contributed by atoms with Crippen LogP contribution in [0.25, 0.3) is 0 Å². The number of nitrogen functional groups attached to an aromatic ring is 1. The Balaban J connectivity index is 2.21. The van der Waals surface area contributed by atoms with Crippen molar-refractivity contribution in [3.63, 3.8) is 0 Å². The molecule has 1 fully saturated rings. The minimum atomic E-state index is 0.658. The maximum atomic E-state index is 5.80. The van der Waals surface area contributed by atoms with Gasteiger partial charge in [-0.2, -0.15) is 0 Å². The predicted octanol–water partition coefficient (Wildman–Crippen LogP) is 2.82. The summed E-state index contributed by atoms with van der Waals surface area (Å²) in [4.78, 5) is 6.67. The molecule has 1 aliphatic heterocycles. The first kappa shape index (κ1) is 11.2. The van der Waals surface area contributed by atoms with Crippen LogP contribution in [-0.4, -0.2) is 17.6 Å². The Labute approximate surface area is 97.7 Å². The van der Waals surface area contributed by atoms with Crippen molar-refractivity contribution >= 4 is 11.4 Å². The molecule has 2 rings (SSSR count). The Morgan fingerprint density at radius 2 is 2.25 bits per heavy atom. The van der Waals surface area contributed by atoms with E-state index in [-0.39, 0.29) is 0 Å². The van der Waals surface area contributed by atoms with Crippen LogP contribution in [-0.2, 0) is 0 Å². The number of rotatable bonds is 2. The van der Waals surface area contributed by atoms with E-state index in [1.165, 1.54) is 37.8 Å². The van der Waals surface area contributed by atoms with Crippen LogP contribution in [0, 0.1) is 0 Å². The average Bonchev–Trinajstić information content (AvgIpc) is 2.53. The predicted molar refractivity (Wildman–Crippen MR) is 68.5 cm³/mol. The molecule has 1 aliphatic rings. The van der Waals surface area contributed by atoms with E-state index in [0.717, 1.165) is 12.2 Å². The van der Waals surface area contributed by atoms with Crippen LogP contribution < -0.4 is 10.6 Å². The van der Waals surface area contributed by atoms with Gasteiger partial charge in [-0.15, -0.1) is 0 Å². The zero-order chi connectivity index (χ0) is 11.4. The fraction of sp³-hybridized carbons (Fsp3) is 0.615. The quantitative estimate of drug-likeness (QED) is 0.831. The van der Waals surface area contributed by atoms with Gasteiger partial charge < -0.3 is 10.6 Å². The van der Waals surface area contributed by atoms with E-state index in [1.807, 2.05) is 12.3 Å². The van der Waals surface area contributed by atoms with Gasteiger partial charge in [0.25, 0.3) is 0 Å². The molecule has 2 N–H and O–H groups in total. The normalized spacial score (nSPS) is 21.8.